The van der Waals surface area contributed by atoms with Crippen molar-refractivity contribution in [2.75, 3.05) is 159 Å². The van der Waals surface area contributed by atoms with Gasteiger partial charge < -0.3 is 107 Å². The van der Waals surface area contributed by atoms with Gasteiger partial charge in [0.25, 0.3) is 0 Å². The van der Waals surface area contributed by atoms with Crippen molar-refractivity contribution in [2.45, 2.75) is 12.8 Å². The molecule has 0 aliphatic carbocycles. The van der Waals surface area contributed by atoms with Crippen LogP contribution in [0.5, 0.6) is 11.5 Å². The van der Waals surface area contributed by atoms with Crippen molar-refractivity contribution in [3.05, 3.63) is 22.3 Å². The van der Waals surface area contributed by atoms with Gasteiger partial charge in [-0.25, -0.2) is 38.4 Å². The zero-order valence-electron chi connectivity index (χ0n) is 40.9. The van der Waals surface area contributed by atoms with E-state index < -0.39 is 224 Å². The van der Waals surface area contributed by atoms with Crippen LogP contribution in [-0.4, -0.2) is 259 Å². The first-order chi connectivity index (χ1) is 36.4. The fraction of sp³-hybridized carbons (Fsp3) is 0.636. The van der Waals surface area contributed by atoms with Crippen molar-refractivity contribution < 1.29 is 155 Å². The Balaban J connectivity index is 4.29. The zero-order chi connectivity index (χ0) is 56.7. The van der Waals surface area contributed by atoms with Crippen molar-refractivity contribution in [1.29, 1.82) is 0 Å². The van der Waals surface area contributed by atoms with Gasteiger partial charge >= 0.3 is 59.7 Å². The Labute approximate surface area is 431 Å². The number of rotatable bonds is 46. The third-order valence-corrected chi connectivity index (χ3v) is 8.83. The van der Waals surface area contributed by atoms with E-state index in [0.29, 0.717) is 0 Å². The lowest BCUT2D eigenvalue weighted by molar-refractivity contribution is -0.143. The van der Waals surface area contributed by atoms with Crippen LogP contribution in [0.3, 0.4) is 0 Å². The van der Waals surface area contributed by atoms with Gasteiger partial charge in [0.1, 0.15) is 75.1 Å². The number of carboxylic acids is 4. The van der Waals surface area contributed by atoms with Gasteiger partial charge in [-0.15, -0.1) is 0 Å². The number of carboxylic acid groups (broad SMARTS) is 4. The first-order valence-electron chi connectivity index (χ1n) is 22.7. The number of hydrogen-bond acceptors (Lipinski definition) is 28. The van der Waals surface area contributed by atoms with Gasteiger partial charge in [0.2, 0.25) is 0 Å². The van der Waals surface area contributed by atoms with Crippen molar-refractivity contribution in [3.8, 4) is 11.5 Å². The normalized spacial score (nSPS) is 11.0. The molecule has 0 unspecified atom stereocenters. The van der Waals surface area contributed by atoms with Crippen LogP contribution in [0.1, 0.15) is 54.3 Å². The number of benzene rings is 1. The molecule has 8 N–H and O–H groups in total. The summed E-state index contributed by atoms with van der Waals surface area (Å²) in [6, 6.07) is 0. The molecule has 32 nitrogen and oxygen atoms in total. The molecule has 0 aromatic heterocycles. The Morgan fingerprint density at radius 3 is 0.697 bits per heavy atom. The van der Waals surface area contributed by atoms with Crippen molar-refractivity contribution in [1.82, 2.24) is 0 Å². The van der Waals surface area contributed by atoms with Crippen molar-refractivity contribution >= 4 is 59.7 Å². The van der Waals surface area contributed by atoms with Crippen LogP contribution in [0, 0.1) is 11.8 Å². The van der Waals surface area contributed by atoms with Crippen LogP contribution in [0.2, 0.25) is 0 Å². The molecule has 1 aromatic carbocycles. The summed E-state index contributed by atoms with van der Waals surface area (Å²) >= 11 is 0. The molecular weight excluding hydrogens is 1040 g/mol. The average molecular weight is 1100 g/mol. The summed E-state index contributed by atoms with van der Waals surface area (Å²) in [5.41, 5.74) is -5.22. The molecule has 1 aromatic rings. The third-order valence-electron chi connectivity index (χ3n) is 8.83. The van der Waals surface area contributed by atoms with Crippen LogP contribution in [0.25, 0.3) is 0 Å². The van der Waals surface area contributed by atoms with Crippen molar-refractivity contribution in [2.24, 2.45) is 11.8 Å². The maximum absolute atomic E-state index is 14.5. The molecule has 0 bridgehead atoms. The molecular formula is C44H62O32. The highest BCUT2D eigenvalue weighted by Crippen LogP contribution is 2.42. The second-order valence-electron chi connectivity index (χ2n) is 14.8. The van der Waals surface area contributed by atoms with Gasteiger partial charge in [-0.2, -0.15) is 0 Å². The summed E-state index contributed by atoms with van der Waals surface area (Å²) in [7, 11) is 0. The summed E-state index contributed by atoms with van der Waals surface area (Å²) in [6.07, 6.45) is -1.79. The number of aliphatic carboxylic acids is 4. The summed E-state index contributed by atoms with van der Waals surface area (Å²) in [5.74, 6) is -20.2. The second-order valence-corrected chi connectivity index (χ2v) is 14.8. The summed E-state index contributed by atoms with van der Waals surface area (Å²) < 4.78 is 73.0. The minimum Gasteiger partial charge on any atom is -0.480 e. The number of aliphatic hydroxyl groups excluding tert-OH is 4. The molecule has 0 spiro atoms. The molecule has 1 rings (SSSR count). The molecule has 0 saturated carbocycles. The van der Waals surface area contributed by atoms with E-state index in [1.807, 2.05) is 0 Å². The largest absolute Gasteiger partial charge is 0.480 e. The molecule has 0 fully saturated rings. The number of carbonyl (C=O) groups is 10. The predicted molar refractivity (Wildman–Crippen MR) is 240 cm³/mol. The van der Waals surface area contributed by atoms with E-state index in [2.05, 4.69) is 0 Å². The molecule has 0 saturated heterocycles. The van der Waals surface area contributed by atoms with E-state index in [1.165, 1.54) is 0 Å². The lowest BCUT2D eigenvalue weighted by Gasteiger charge is -2.23. The summed E-state index contributed by atoms with van der Waals surface area (Å²) in [6.45, 7) is -13.1. The van der Waals surface area contributed by atoms with Gasteiger partial charge in [-0.1, -0.05) is 0 Å². The molecule has 0 aliphatic heterocycles. The molecule has 0 radical (unpaired) electrons. The van der Waals surface area contributed by atoms with Gasteiger partial charge in [0, 0.05) is 38.3 Å². The summed E-state index contributed by atoms with van der Waals surface area (Å²) in [5, 5.41) is 74.3. The molecule has 430 valence electrons. The van der Waals surface area contributed by atoms with E-state index in [9.17, 15) is 68.4 Å². The van der Waals surface area contributed by atoms with Crippen LogP contribution < -0.4 is 9.47 Å². The fourth-order valence-corrected chi connectivity index (χ4v) is 5.42. The van der Waals surface area contributed by atoms with E-state index in [-0.39, 0.29) is 52.9 Å². The smallest absolute Gasteiger partial charge is 0.343 e. The molecule has 0 aliphatic rings. The Kier molecular flexibility index (Phi) is 36.1. The zero-order valence-corrected chi connectivity index (χ0v) is 40.9. The highest BCUT2D eigenvalue weighted by molar-refractivity contribution is 6.17. The number of esters is 6. The monoisotopic (exact) mass is 1100 g/mol. The number of hydrogen-bond donors (Lipinski definition) is 8. The van der Waals surface area contributed by atoms with E-state index in [0.717, 1.165) is 0 Å². The lowest BCUT2D eigenvalue weighted by atomic mass is 9.94. The van der Waals surface area contributed by atoms with Gasteiger partial charge in [0.15, 0.2) is 11.5 Å². The van der Waals surface area contributed by atoms with Gasteiger partial charge in [-0.05, 0) is 0 Å². The standard InChI is InChI=1S/C44H62O32/c45-19-27(20-46)17-33(57)75-39-35(41(59)71-13-9-63-1-5-67-23-29(49)50)36(42(60)72-14-10-64-2-6-68-24-30(51)52)40(76-34(58)18-28(21-47)22-48)38(44(62)74-16-12-66-4-8-70-26-32(55)56)37(39)43(61)73-15-11-65-3-7-69-25-31(53)54/h27-28,45-48H,1-26H2,(H,49,50)(H,51,52)(H,53,54)(H,55,56). The Morgan fingerprint density at radius 1 is 0.303 bits per heavy atom. The summed E-state index contributed by atoms with van der Waals surface area (Å²) in [4.78, 5) is 128. The lowest BCUT2D eigenvalue weighted by Crippen LogP contribution is -2.29. The Bertz CT molecular complexity index is 1750. The highest BCUT2D eigenvalue weighted by atomic mass is 16.6. The second kappa shape index (κ2) is 40.7. The van der Waals surface area contributed by atoms with Crippen LogP contribution in [-0.2, 0) is 85.6 Å². The Morgan fingerprint density at radius 2 is 0.500 bits per heavy atom. The van der Waals surface area contributed by atoms with Gasteiger partial charge in [0.05, 0.1) is 92.1 Å². The number of carbonyl (C=O) groups excluding carboxylic acids is 6. The third kappa shape index (κ3) is 28.9. The molecule has 32 heteroatoms. The number of aliphatic hydroxyl groups is 4. The van der Waals surface area contributed by atoms with E-state index in [1.54, 1.807) is 0 Å². The van der Waals surface area contributed by atoms with Crippen LogP contribution >= 0.6 is 0 Å². The highest BCUT2D eigenvalue weighted by Gasteiger charge is 2.42. The Hall–Kier alpha value is -6.56. The van der Waals surface area contributed by atoms with E-state index >= 15 is 0 Å². The van der Waals surface area contributed by atoms with E-state index in [4.69, 9.17) is 86.7 Å². The topological polar surface area (TPSA) is 462 Å². The quantitative estimate of drug-likeness (QED) is 0.0136. The number of ether oxygens (including phenoxy) is 14. The average Bonchev–Trinajstić information content (AvgIpc) is 3.37. The SMILES string of the molecule is O=C(O)COCCOCCOC(=O)c1c(OC(=O)CC(CO)CO)c(C(=O)OCCOCCOCC(=O)O)c(C(=O)OCCOCCOCC(=O)O)c(OC(=O)CC(CO)CO)c1C(=O)OCCOCCOCC(=O)O. The molecule has 0 heterocycles. The molecule has 76 heavy (non-hydrogen) atoms. The minimum atomic E-state index is -1.72. The van der Waals surface area contributed by atoms with Gasteiger partial charge in [-0.3, -0.25) is 9.59 Å². The van der Waals surface area contributed by atoms with Crippen LogP contribution in [0.15, 0.2) is 0 Å². The fourth-order valence-electron chi connectivity index (χ4n) is 5.42. The van der Waals surface area contributed by atoms with Crippen LogP contribution in [0.4, 0.5) is 0 Å². The maximum Gasteiger partial charge on any atom is 0.343 e. The first kappa shape index (κ1) is 67.5. The predicted octanol–water partition coefficient (Wildman–Crippen LogP) is -3.42. The first-order valence-corrected chi connectivity index (χ1v) is 22.7. The maximum atomic E-state index is 14.5. The molecule has 0 atom stereocenters. The minimum absolute atomic E-state index is 0.250. The van der Waals surface area contributed by atoms with Crippen molar-refractivity contribution in [3.63, 3.8) is 0 Å². The molecule has 0 amide bonds.